The van der Waals surface area contributed by atoms with E-state index in [1.807, 2.05) is 0 Å². The fraction of sp³-hybridized carbons (Fsp3) is 0.333. The Bertz CT molecular complexity index is 523. The van der Waals surface area contributed by atoms with E-state index in [9.17, 15) is 9.59 Å². The van der Waals surface area contributed by atoms with Gasteiger partial charge in [-0.25, -0.2) is 0 Å². The Balaban J connectivity index is 2.65. The summed E-state index contributed by atoms with van der Waals surface area (Å²) in [4.78, 5) is 24.6. The number of benzene rings is 1. The van der Waals surface area contributed by atoms with Crippen LogP contribution in [-0.2, 0) is 15.4 Å². The molecule has 0 spiro atoms. The Morgan fingerprint density at radius 3 is 2.44 bits per heavy atom. The summed E-state index contributed by atoms with van der Waals surface area (Å²) < 4.78 is 10.6. The molecule has 6 nitrogen and oxygen atoms in total. The number of nitrogens with two attached hydrogens (primary N) is 1. The SMILES string of the molecule is COC1(OC)c2ccc(C(N)=O)cc2C(=O)N1C. The lowest BCUT2D eigenvalue weighted by Crippen LogP contribution is -2.44. The molecule has 2 amide bonds. The molecule has 0 fully saturated rings. The predicted molar refractivity (Wildman–Crippen MR) is 62.7 cm³/mol. The number of primary amides is 1. The minimum Gasteiger partial charge on any atom is -0.366 e. The van der Waals surface area contributed by atoms with Crippen molar-refractivity contribution >= 4 is 11.8 Å². The summed E-state index contributed by atoms with van der Waals surface area (Å²) in [6.45, 7) is 0. The van der Waals surface area contributed by atoms with Gasteiger partial charge in [0, 0.05) is 32.4 Å². The second-order valence-electron chi connectivity index (χ2n) is 3.98. The maximum atomic E-state index is 12.1. The van der Waals surface area contributed by atoms with Gasteiger partial charge in [-0.1, -0.05) is 0 Å². The molecule has 1 aliphatic heterocycles. The molecule has 1 aromatic carbocycles. The number of nitrogens with zero attached hydrogens (tertiary/aromatic N) is 1. The van der Waals surface area contributed by atoms with Crippen LogP contribution in [0.1, 0.15) is 26.3 Å². The van der Waals surface area contributed by atoms with Crippen molar-refractivity contribution in [3.05, 3.63) is 34.9 Å². The average Bonchev–Trinajstić information content (AvgIpc) is 2.59. The van der Waals surface area contributed by atoms with Gasteiger partial charge in [0.1, 0.15) is 0 Å². The molecule has 0 saturated heterocycles. The smallest absolute Gasteiger partial charge is 0.282 e. The lowest BCUT2D eigenvalue weighted by atomic mass is 10.0. The van der Waals surface area contributed by atoms with E-state index in [0.29, 0.717) is 11.1 Å². The molecule has 2 N–H and O–H groups in total. The molecule has 1 aliphatic rings. The molecule has 96 valence electrons. The van der Waals surface area contributed by atoms with Gasteiger partial charge in [0.25, 0.3) is 11.8 Å². The van der Waals surface area contributed by atoms with Crippen LogP contribution in [0.4, 0.5) is 0 Å². The van der Waals surface area contributed by atoms with Gasteiger partial charge in [-0.3, -0.25) is 14.5 Å². The number of hydrogen-bond acceptors (Lipinski definition) is 4. The number of amides is 2. The largest absolute Gasteiger partial charge is 0.366 e. The highest BCUT2D eigenvalue weighted by Gasteiger charge is 2.49. The summed E-state index contributed by atoms with van der Waals surface area (Å²) in [7, 11) is 4.47. The molecule has 6 heteroatoms. The van der Waals surface area contributed by atoms with Crippen molar-refractivity contribution in [2.24, 2.45) is 5.73 Å². The molecular formula is C12H14N2O4. The van der Waals surface area contributed by atoms with Crippen LogP contribution in [0.15, 0.2) is 18.2 Å². The van der Waals surface area contributed by atoms with Gasteiger partial charge < -0.3 is 15.2 Å². The van der Waals surface area contributed by atoms with E-state index in [0.717, 1.165) is 0 Å². The molecule has 0 bridgehead atoms. The van der Waals surface area contributed by atoms with Crippen LogP contribution < -0.4 is 5.73 Å². The number of rotatable bonds is 3. The van der Waals surface area contributed by atoms with Crippen LogP contribution in [0.5, 0.6) is 0 Å². The van der Waals surface area contributed by atoms with Gasteiger partial charge in [0.05, 0.1) is 5.56 Å². The molecule has 1 aromatic rings. The summed E-state index contributed by atoms with van der Waals surface area (Å²) in [6.07, 6.45) is 0. The Hall–Kier alpha value is -1.92. The van der Waals surface area contributed by atoms with Crippen molar-refractivity contribution in [3.8, 4) is 0 Å². The fourth-order valence-corrected chi connectivity index (χ4v) is 2.22. The second kappa shape index (κ2) is 4.08. The predicted octanol–water partition coefficient (Wildman–Crippen LogP) is 0.274. The summed E-state index contributed by atoms with van der Waals surface area (Å²) in [5.41, 5.74) is 6.39. The van der Waals surface area contributed by atoms with E-state index in [-0.39, 0.29) is 11.5 Å². The monoisotopic (exact) mass is 250 g/mol. The molecule has 18 heavy (non-hydrogen) atoms. The first-order valence-corrected chi connectivity index (χ1v) is 5.30. The number of ether oxygens (including phenoxy) is 2. The molecule has 0 radical (unpaired) electrons. The van der Waals surface area contributed by atoms with Gasteiger partial charge in [-0.2, -0.15) is 0 Å². The van der Waals surface area contributed by atoms with E-state index in [4.69, 9.17) is 15.2 Å². The van der Waals surface area contributed by atoms with E-state index in [2.05, 4.69) is 0 Å². The Kier molecular flexibility index (Phi) is 2.84. The molecule has 0 aliphatic carbocycles. The first kappa shape index (κ1) is 12.5. The third-order valence-electron chi connectivity index (χ3n) is 3.17. The number of carbonyl (C=O) groups excluding carboxylic acids is 2. The third kappa shape index (κ3) is 1.43. The number of methoxy groups -OCH3 is 2. The van der Waals surface area contributed by atoms with Crippen molar-refractivity contribution in [2.75, 3.05) is 21.3 Å². The average molecular weight is 250 g/mol. The minimum atomic E-state index is -1.25. The van der Waals surface area contributed by atoms with Crippen molar-refractivity contribution in [1.29, 1.82) is 0 Å². The maximum absolute atomic E-state index is 12.1. The highest BCUT2D eigenvalue weighted by atomic mass is 16.7. The van der Waals surface area contributed by atoms with E-state index in [1.54, 1.807) is 19.2 Å². The minimum absolute atomic E-state index is 0.276. The number of fused-ring (bicyclic) bond motifs is 1. The Morgan fingerprint density at radius 1 is 1.33 bits per heavy atom. The van der Waals surface area contributed by atoms with Gasteiger partial charge in [-0.15, -0.1) is 0 Å². The van der Waals surface area contributed by atoms with Gasteiger partial charge in [0.2, 0.25) is 5.91 Å². The summed E-state index contributed by atoms with van der Waals surface area (Å²) in [6, 6.07) is 4.61. The lowest BCUT2D eigenvalue weighted by molar-refractivity contribution is -0.278. The third-order valence-corrected chi connectivity index (χ3v) is 3.17. The number of hydrogen-bond donors (Lipinski definition) is 1. The van der Waals surface area contributed by atoms with Crippen LogP contribution in [-0.4, -0.2) is 38.0 Å². The van der Waals surface area contributed by atoms with E-state index < -0.39 is 11.8 Å². The molecule has 0 atom stereocenters. The first-order chi connectivity index (χ1) is 8.47. The lowest BCUT2D eigenvalue weighted by Gasteiger charge is -2.33. The highest BCUT2D eigenvalue weighted by molar-refractivity contribution is 6.02. The van der Waals surface area contributed by atoms with Crippen LogP contribution in [0.2, 0.25) is 0 Å². The van der Waals surface area contributed by atoms with Gasteiger partial charge >= 0.3 is 0 Å². The number of carbonyl (C=O) groups is 2. The maximum Gasteiger partial charge on any atom is 0.282 e. The summed E-state index contributed by atoms with van der Waals surface area (Å²) in [5, 5.41) is 0. The fourth-order valence-electron chi connectivity index (χ4n) is 2.22. The molecule has 0 unspecified atom stereocenters. The van der Waals surface area contributed by atoms with Crippen molar-refractivity contribution in [2.45, 2.75) is 5.91 Å². The molecule has 1 heterocycles. The Morgan fingerprint density at radius 2 is 1.94 bits per heavy atom. The Labute approximate surface area is 104 Å². The summed E-state index contributed by atoms with van der Waals surface area (Å²) >= 11 is 0. The van der Waals surface area contributed by atoms with Crippen molar-refractivity contribution in [1.82, 2.24) is 4.90 Å². The highest BCUT2D eigenvalue weighted by Crippen LogP contribution is 2.39. The quantitative estimate of drug-likeness (QED) is 0.781. The first-order valence-electron chi connectivity index (χ1n) is 5.30. The van der Waals surface area contributed by atoms with Gasteiger partial charge in [-0.05, 0) is 18.2 Å². The molecule has 2 rings (SSSR count). The zero-order valence-electron chi connectivity index (χ0n) is 10.4. The second-order valence-corrected chi connectivity index (χ2v) is 3.98. The molecule has 0 saturated carbocycles. The summed E-state index contributed by atoms with van der Waals surface area (Å²) in [5.74, 6) is -2.11. The van der Waals surface area contributed by atoms with E-state index >= 15 is 0 Å². The van der Waals surface area contributed by atoms with Crippen molar-refractivity contribution in [3.63, 3.8) is 0 Å². The van der Waals surface area contributed by atoms with Crippen LogP contribution >= 0.6 is 0 Å². The normalized spacial score (nSPS) is 16.8. The molecular weight excluding hydrogens is 236 g/mol. The van der Waals surface area contributed by atoms with Crippen molar-refractivity contribution < 1.29 is 19.1 Å². The van der Waals surface area contributed by atoms with Crippen LogP contribution in [0, 0.1) is 0 Å². The van der Waals surface area contributed by atoms with E-state index in [1.165, 1.54) is 25.2 Å². The van der Waals surface area contributed by atoms with Crippen LogP contribution in [0.25, 0.3) is 0 Å². The molecule has 0 aromatic heterocycles. The zero-order valence-corrected chi connectivity index (χ0v) is 10.4. The standard InChI is InChI=1S/C12H14N2O4/c1-14-11(16)8-6-7(10(13)15)4-5-9(8)12(14,17-2)18-3/h4-6H,1-3H3,(H2,13,15). The van der Waals surface area contributed by atoms with Crippen LogP contribution in [0.3, 0.4) is 0 Å². The zero-order chi connectivity index (χ0) is 13.5. The topological polar surface area (TPSA) is 81.9 Å². The van der Waals surface area contributed by atoms with Gasteiger partial charge in [0.15, 0.2) is 0 Å².